The summed E-state index contributed by atoms with van der Waals surface area (Å²) in [5, 5.41) is 5.52. The fourth-order valence-corrected chi connectivity index (χ4v) is 1.91. The number of rotatable bonds is 4. The Bertz CT molecular complexity index is 462. The van der Waals surface area contributed by atoms with Crippen LogP contribution < -0.4 is 15.4 Å². The van der Waals surface area contributed by atoms with Crippen LogP contribution in [-0.2, 0) is 4.79 Å². The van der Waals surface area contributed by atoms with Gasteiger partial charge >= 0.3 is 6.61 Å². The van der Waals surface area contributed by atoms with Crippen molar-refractivity contribution in [3.05, 3.63) is 24.0 Å². The van der Waals surface area contributed by atoms with E-state index in [0.29, 0.717) is 0 Å². The highest BCUT2D eigenvalue weighted by Crippen LogP contribution is 2.23. The predicted octanol–water partition coefficient (Wildman–Crippen LogP) is 2.12. The van der Waals surface area contributed by atoms with Crippen LogP contribution in [0, 0.1) is 5.82 Å². The van der Waals surface area contributed by atoms with Crippen LogP contribution >= 0.6 is 0 Å². The molecule has 1 heterocycles. The van der Waals surface area contributed by atoms with Crippen molar-refractivity contribution in [3.8, 4) is 5.75 Å². The number of carbonyl (C=O) groups excluding carboxylic acids is 1. The number of nitrogens with one attached hydrogen (secondary N) is 2. The van der Waals surface area contributed by atoms with Crippen molar-refractivity contribution < 1.29 is 22.7 Å². The van der Waals surface area contributed by atoms with Crippen molar-refractivity contribution in [1.29, 1.82) is 0 Å². The molecule has 1 fully saturated rings. The molecule has 1 amide bonds. The molecule has 19 heavy (non-hydrogen) atoms. The number of hydrogen-bond acceptors (Lipinski definition) is 3. The zero-order chi connectivity index (χ0) is 13.8. The maximum absolute atomic E-state index is 13.4. The van der Waals surface area contributed by atoms with Gasteiger partial charge < -0.3 is 15.4 Å². The van der Waals surface area contributed by atoms with Gasteiger partial charge in [0.2, 0.25) is 5.91 Å². The molecule has 1 aromatic rings. The molecule has 0 spiro atoms. The van der Waals surface area contributed by atoms with Crippen molar-refractivity contribution in [3.63, 3.8) is 0 Å². The van der Waals surface area contributed by atoms with E-state index in [1.54, 1.807) is 0 Å². The quantitative estimate of drug-likeness (QED) is 0.884. The minimum Gasteiger partial charge on any atom is -0.432 e. The second-order valence-corrected chi connectivity index (χ2v) is 4.16. The Morgan fingerprint density at radius 1 is 1.47 bits per heavy atom. The van der Waals surface area contributed by atoms with Crippen LogP contribution in [-0.4, -0.2) is 25.1 Å². The Hall–Kier alpha value is -1.76. The number of ether oxygens (including phenoxy) is 1. The molecule has 0 bridgehead atoms. The van der Waals surface area contributed by atoms with E-state index >= 15 is 0 Å². The highest BCUT2D eigenvalue weighted by Gasteiger charge is 2.22. The molecule has 104 valence electrons. The summed E-state index contributed by atoms with van der Waals surface area (Å²) < 4.78 is 41.3. The maximum Gasteiger partial charge on any atom is 0.387 e. The lowest BCUT2D eigenvalue weighted by molar-refractivity contribution is -0.117. The van der Waals surface area contributed by atoms with Gasteiger partial charge in [-0.1, -0.05) is 0 Å². The zero-order valence-corrected chi connectivity index (χ0v) is 9.96. The molecule has 1 saturated heterocycles. The normalized spacial score (nSPS) is 18.6. The summed E-state index contributed by atoms with van der Waals surface area (Å²) in [4.78, 5) is 11.7. The number of hydrogen-bond donors (Lipinski definition) is 2. The number of benzene rings is 1. The van der Waals surface area contributed by atoms with E-state index in [9.17, 15) is 18.0 Å². The van der Waals surface area contributed by atoms with Gasteiger partial charge in [0, 0.05) is 11.8 Å². The van der Waals surface area contributed by atoms with Crippen molar-refractivity contribution in [1.82, 2.24) is 5.32 Å². The maximum atomic E-state index is 13.4. The van der Waals surface area contributed by atoms with Crippen LogP contribution in [0.25, 0.3) is 0 Å². The number of anilines is 1. The third-order valence-corrected chi connectivity index (χ3v) is 2.79. The fraction of sp³-hybridized carbons (Fsp3) is 0.417. The topological polar surface area (TPSA) is 50.4 Å². The van der Waals surface area contributed by atoms with Gasteiger partial charge in [-0.2, -0.15) is 8.78 Å². The van der Waals surface area contributed by atoms with Crippen LogP contribution in [0.2, 0.25) is 0 Å². The molecule has 0 aromatic heterocycles. The van der Waals surface area contributed by atoms with Crippen LogP contribution in [0.3, 0.4) is 0 Å². The first-order valence-electron chi connectivity index (χ1n) is 5.85. The van der Waals surface area contributed by atoms with Gasteiger partial charge in [0.15, 0.2) is 11.6 Å². The average molecular weight is 274 g/mol. The summed E-state index contributed by atoms with van der Waals surface area (Å²) in [6, 6.07) is 3.03. The first kappa shape index (κ1) is 13.7. The second kappa shape index (κ2) is 5.92. The van der Waals surface area contributed by atoms with Crippen molar-refractivity contribution in [2.75, 3.05) is 11.9 Å². The fourth-order valence-electron chi connectivity index (χ4n) is 1.91. The highest BCUT2D eigenvalue weighted by atomic mass is 19.3. The molecule has 1 aliphatic rings. The molecule has 4 nitrogen and oxygen atoms in total. The molecular formula is C12H13F3N2O2. The molecule has 0 aliphatic carbocycles. The average Bonchev–Trinajstić information content (AvgIpc) is 2.86. The highest BCUT2D eigenvalue weighted by molar-refractivity contribution is 5.95. The number of halogens is 3. The number of alkyl halides is 2. The van der Waals surface area contributed by atoms with E-state index in [1.165, 1.54) is 6.07 Å². The van der Waals surface area contributed by atoms with Gasteiger partial charge in [0.1, 0.15) is 0 Å². The van der Waals surface area contributed by atoms with Crippen molar-refractivity contribution in [2.45, 2.75) is 25.5 Å². The minimum atomic E-state index is -3.09. The monoisotopic (exact) mass is 274 g/mol. The van der Waals surface area contributed by atoms with Crippen molar-refractivity contribution in [2.24, 2.45) is 0 Å². The van der Waals surface area contributed by atoms with Gasteiger partial charge in [0.05, 0.1) is 6.04 Å². The summed E-state index contributed by atoms with van der Waals surface area (Å²) in [6.45, 7) is -2.31. The Labute approximate surface area is 107 Å². The largest absolute Gasteiger partial charge is 0.432 e. The number of amides is 1. The Morgan fingerprint density at radius 3 is 2.84 bits per heavy atom. The third-order valence-electron chi connectivity index (χ3n) is 2.79. The van der Waals surface area contributed by atoms with E-state index in [-0.39, 0.29) is 17.6 Å². The standard InChI is InChI=1S/C12H13F3N2O2/c13-8-6-7(3-4-10(8)19-12(14)15)17-11(18)9-2-1-5-16-9/h3-4,6,9,12,16H,1-2,5H2,(H,17,18). The molecule has 0 radical (unpaired) electrons. The van der Waals surface area contributed by atoms with E-state index in [1.807, 2.05) is 0 Å². The van der Waals surface area contributed by atoms with E-state index in [4.69, 9.17) is 0 Å². The van der Waals surface area contributed by atoms with E-state index in [0.717, 1.165) is 31.5 Å². The molecule has 7 heteroatoms. The van der Waals surface area contributed by atoms with Crippen LogP contribution in [0.15, 0.2) is 18.2 Å². The summed E-state index contributed by atoms with van der Waals surface area (Å²) in [5.74, 6) is -1.76. The van der Waals surface area contributed by atoms with Crippen LogP contribution in [0.1, 0.15) is 12.8 Å². The second-order valence-electron chi connectivity index (χ2n) is 4.16. The van der Waals surface area contributed by atoms with Gasteiger partial charge in [-0.15, -0.1) is 0 Å². The first-order valence-corrected chi connectivity index (χ1v) is 5.85. The molecule has 1 unspecified atom stereocenters. The third kappa shape index (κ3) is 3.60. The van der Waals surface area contributed by atoms with Gasteiger partial charge in [-0.25, -0.2) is 4.39 Å². The summed E-state index contributed by atoms with van der Waals surface area (Å²) >= 11 is 0. The number of carbonyl (C=O) groups is 1. The van der Waals surface area contributed by atoms with Crippen LogP contribution in [0.5, 0.6) is 5.75 Å². The zero-order valence-electron chi connectivity index (χ0n) is 9.96. The Morgan fingerprint density at radius 2 is 2.26 bits per heavy atom. The van der Waals surface area contributed by atoms with E-state index in [2.05, 4.69) is 15.4 Å². The molecule has 1 aromatic carbocycles. The van der Waals surface area contributed by atoms with Gasteiger partial charge in [-0.05, 0) is 31.5 Å². The van der Waals surface area contributed by atoms with Crippen LogP contribution in [0.4, 0.5) is 18.9 Å². The summed E-state index contributed by atoms with van der Waals surface area (Å²) in [7, 11) is 0. The Balaban J connectivity index is 2.01. The predicted molar refractivity (Wildman–Crippen MR) is 62.7 cm³/mol. The van der Waals surface area contributed by atoms with E-state index < -0.39 is 18.2 Å². The smallest absolute Gasteiger partial charge is 0.387 e. The molecule has 1 aliphatic heterocycles. The molecule has 1 atom stereocenters. The SMILES string of the molecule is O=C(Nc1ccc(OC(F)F)c(F)c1)C1CCCN1. The molecule has 2 rings (SSSR count). The Kier molecular flexibility index (Phi) is 4.26. The first-order chi connectivity index (χ1) is 9.06. The summed E-state index contributed by atoms with van der Waals surface area (Å²) in [5.41, 5.74) is 0.206. The van der Waals surface area contributed by atoms with Gasteiger partial charge in [-0.3, -0.25) is 4.79 Å². The molecule has 0 saturated carbocycles. The molecule has 2 N–H and O–H groups in total. The molecular weight excluding hydrogens is 261 g/mol. The lowest BCUT2D eigenvalue weighted by Gasteiger charge is -2.12. The minimum absolute atomic E-state index is 0.206. The van der Waals surface area contributed by atoms with Crippen molar-refractivity contribution >= 4 is 11.6 Å². The van der Waals surface area contributed by atoms with Gasteiger partial charge in [0.25, 0.3) is 0 Å². The lowest BCUT2D eigenvalue weighted by Crippen LogP contribution is -2.35. The lowest BCUT2D eigenvalue weighted by atomic mass is 10.2. The summed E-state index contributed by atoms with van der Waals surface area (Å²) in [6.07, 6.45) is 1.63.